The molecule has 12 heavy (non-hydrogen) atoms. The number of amides is 1. The van der Waals surface area contributed by atoms with Gasteiger partial charge >= 0.3 is 0 Å². The summed E-state index contributed by atoms with van der Waals surface area (Å²) in [5.74, 6) is -0.556. The summed E-state index contributed by atoms with van der Waals surface area (Å²) >= 11 is 0. The first-order chi connectivity index (χ1) is 5.72. The zero-order chi connectivity index (χ0) is 9.40. The molecule has 72 valence electrons. The number of likely N-dealkylation sites (N-methyl/N-ethyl adjacent to an activating group) is 1. The van der Waals surface area contributed by atoms with E-state index in [9.17, 15) is 4.79 Å². The van der Waals surface area contributed by atoms with Crippen molar-refractivity contribution in [2.24, 2.45) is 0 Å². The number of nitrogens with one attached hydrogen (secondary N) is 2. The van der Waals surface area contributed by atoms with E-state index in [0.29, 0.717) is 13.1 Å². The molecule has 4 N–H and O–H groups in total. The van der Waals surface area contributed by atoms with Gasteiger partial charge in [-0.15, -0.1) is 0 Å². The van der Waals surface area contributed by atoms with Gasteiger partial charge in [-0.05, 0) is 7.05 Å². The van der Waals surface area contributed by atoms with Gasteiger partial charge in [-0.1, -0.05) is 0 Å². The van der Waals surface area contributed by atoms with Crippen LogP contribution in [0.1, 0.15) is 0 Å². The molecular formula is C6H14N2O4. The predicted molar refractivity (Wildman–Crippen MR) is 41.5 cm³/mol. The van der Waals surface area contributed by atoms with E-state index in [1.54, 1.807) is 7.05 Å². The largest absolute Gasteiger partial charge is 0.381 e. The SMILES string of the molecule is CNCCNC(=O)C(O)COO. The van der Waals surface area contributed by atoms with E-state index in [1.807, 2.05) is 0 Å². The molecule has 6 nitrogen and oxygen atoms in total. The fourth-order valence-corrected chi connectivity index (χ4v) is 0.575. The van der Waals surface area contributed by atoms with Crippen molar-refractivity contribution >= 4 is 5.91 Å². The summed E-state index contributed by atoms with van der Waals surface area (Å²) in [5, 5.41) is 22.0. The standard InChI is InChI=1S/C6H14N2O4/c1-7-2-3-8-6(10)5(9)4-12-11/h5,7,9,11H,2-4H2,1H3,(H,8,10). The summed E-state index contributed by atoms with van der Waals surface area (Å²) in [6.45, 7) is 0.641. The molecule has 1 unspecified atom stereocenters. The lowest BCUT2D eigenvalue weighted by atomic mass is 10.3. The molecule has 0 saturated heterocycles. The molecule has 0 rings (SSSR count). The van der Waals surface area contributed by atoms with Crippen LogP contribution in [0.5, 0.6) is 0 Å². The maximum atomic E-state index is 10.8. The molecule has 1 atom stereocenters. The molecule has 0 aromatic heterocycles. The van der Waals surface area contributed by atoms with Crippen molar-refractivity contribution in [2.45, 2.75) is 6.10 Å². The van der Waals surface area contributed by atoms with Crippen LogP contribution in [-0.2, 0) is 9.68 Å². The predicted octanol–water partition coefficient (Wildman–Crippen LogP) is -1.83. The van der Waals surface area contributed by atoms with Crippen molar-refractivity contribution in [3.63, 3.8) is 0 Å². The average Bonchev–Trinajstić information content (AvgIpc) is 2.05. The third-order valence-electron chi connectivity index (χ3n) is 1.21. The Morgan fingerprint density at radius 2 is 2.25 bits per heavy atom. The van der Waals surface area contributed by atoms with Gasteiger partial charge in [0.05, 0.1) is 0 Å². The molecule has 0 heterocycles. The molecule has 0 saturated carbocycles. The van der Waals surface area contributed by atoms with Crippen molar-refractivity contribution < 1.29 is 20.0 Å². The van der Waals surface area contributed by atoms with Crippen LogP contribution in [0.15, 0.2) is 0 Å². The average molecular weight is 178 g/mol. The Balaban J connectivity index is 3.43. The Morgan fingerprint density at radius 3 is 2.75 bits per heavy atom. The maximum absolute atomic E-state index is 10.8. The van der Waals surface area contributed by atoms with Crippen molar-refractivity contribution in [1.82, 2.24) is 10.6 Å². The van der Waals surface area contributed by atoms with E-state index in [-0.39, 0.29) is 0 Å². The van der Waals surface area contributed by atoms with E-state index in [2.05, 4.69) is 15.5 Å². The Morgan fingerprint density at radius 1 is 1.58 bits per heavy atom. The lowest BCUT2D eigenvalue weighted by Crippen LogP contribution is -2.39. The molecule has 0 aromatic rings. The van der Waals surface area contributed by atoms with Gasteiger partial charge in [0.2, 0.25) is 0 Å². The Labute approximate surface area is 70.5 Å². The van der Waals surface area contributed by atoms with Gasteiger partial charge in [0.1, 0.15) is 6.61 Å². The van der Waals surface area contributed by atoms with Crippen LogP contribution in [0.3, 0.4) is 0 Å². The van der Waals surface area contributed by atoms with Gasteiger partial charge in [-0.3, -0.25) is 10.1 Å². The lowest BCUT2D eigenvalue weighted by Gasteiger charge is -2.08. The van der Waals surface area contributed by atoms with Crippen molar-refractivity contribution in [3.05, 3.63) is 0 Å². The van der Waals surface area contributed by atoms with Gasteiger partial charge in [0, 0.05) is 13.1 Å². The summed E-state index contributed by atoms with van der Waals surface area (Å²) in [6, 6.07) is 0. The molecule has 0 fully saturated rings. The molecule has 0 aliphatic carbocycles. The Bertz CT molecular complexity index is 131. The highest BCUT2D eigenvalue weighted by molar-refractivity contribution is 5.80. The molecular weight excluding hydrogens is 164 g/mol. The van der Waals surface area contributed by atoms with Gasteiger partial charge in [0.15, 0.2) is 6.10 Å². The minimum Gasteiger partial charge on any atom is -0.381 e. The molecule has 6 heteroatoms. The lowest BCUT2D eigenvalue weighted by molar-refractivity contribution is -0.255. The maximum Gasteiger partial charge on any atom is 0.251 e. The zero-order valence-corrected chi connectivity index (χ0v) is 6.91. The second-order valence-electron chi connectivity index (χ2n) is 2.21. The summed E-state index contributed by atoms with van der Waals surface area (Å²) in [5.41, 5.74) is 0. The van der Waals surface area contributed by atoms with Crippen LogP contribution in [0, 0.1) is 0 Å². The fourth-order valence-electron chi connectivity index (χ4n) is 0.575. The Kier molecular flexibility index (Phi) is 6.58. The van der Waals surface area contributed by atoms with E-state index < -0.39 is 18.6 Å². The number of hydrogen-bond donors (Lipinski definition) is 4. The van der Waals surface area contributed by atoms with E-state index in [1.165, 1.54) is 0 Å². The molecule has 0 aromatic carbocycles. The van der Waals surface area contributed by atoms with Gasteiger partial charge < -0.3 is 15.7 Å². The van der Waals surface area contributed by atoms with Crippen molar-refractivity contribution in [3.8, 4) is 0 Å². The first-order valence-corrected chi connectivity index (χ1v) is 3.59. The third kappa shape index (κ3) is 5.03. The number of hydrogen-bond acceptors (Lipinski definition) is 5. The first kappa shape index (κ1) is 11.3. The van der Waals surface area contributed by atoms with E-state index in [4.69, 9.17) is 10.4 Å². The summed E-state index contributed by atoms with van der Waals surface area (Å²) in [4.78, 5) is 14.4. The van der Waals surface area contributed by atoms with Crippen LogP contribution < -0.4 is 10.6 Å². The van der Waals surface area contributed by atoms with Crippen LogP contribution in [-0.4, -0.2) is 49.1 Å². The summed E-state index contributed by atoms with van der Waals surface area (Å²) in [7, 11) is 1.75. The number of rotatable bonds is 6. The smallest absolute Gasteiger partial charge is 0.251 e. The van der Waals surface area contributed by atoms with Crippen LogP contribution >= 0.6 is 0 Å². The highest BCUT2D eigenvalue weighted by atomic mass is 17.1. The Hall–Kier alpha value is -0.690. The first-order valence-electron chi connectivity index (χ1n) is 3.59. The topological polar surface area (TPSA) is 90.8 Å². The molecule has 0 bridgehead atoms. The second-order valence-corrected chi connectivity index (χ2v) is 2.21. The molecule has 0 aliphatic heterocycles. The highest BCUT2D eigenvalue weighted by Crippen LogP contribution is 1.82. The fraction of sp³-hybridized carbons (Fsp3) is 0.833. The second kappa shape index (κ2) is 6.99. The normalized spacial score (nSPS) is 12.6. The van der Waals surface area contributed by atoms with E-state index >= 15 is 0 Å². The number of carbonyl (C=O) groups is 1. The number of carbonyl (C=O) groups excluding carboxylic acids is 1. The minimum absolute atomic E-state index is 0.411. The van der Waals surface area contributed by atoms with Crippen LogP contribution in [0.4, 0.5) is 0 Å². The van der Waals surface area contributed by atoms with Gasteiger partial charge in [0.25, 0.3) is 5.91 Å². The molecule has 0 spiro atoms. The van der Waals surface area contributed by atoms with E-state index in [0.717, 1.165) is 0 Å². The third-order valence-corrected chi connectivity index (χ3v) is 1.21. The summed E-state index contributed by atoms with van der Waals surface area (Å²) < 4.78 is 0. The van der Waals surface area contributed by atoms with Crippen molar-refractivity contribution in [1.29, 1.82) is 0 Å². The highest BCUT2D eigenvalue weighted by Gasteiger charge is 2.13. The number of aliphatic hydroxyl groups excluding tert-OH is 1. The van der Waals surface area contributed by atoms with Gasteiger partial charge in [-0.25, -0.2) is 4.89 Å². The van der Waals surface area contributed by atoms with Gasteiger partial charge in [-0.2, -0.15) is 0 Å². The van der Waals surface area contributed by atoms with Crippen LogP contribution in [0.25, 0.3) is 0 Å². The molecule has 0 radical (unpaired) electrons. The van der Waals surface area contributed by atoms with Crippen molar-refractivity contribution in [2.75, 3.05) is 26.7 Å². The monoisotopic (exact) mass is 178 g/mol. The molecule has 0 aliphatic rings. The van der Waals surface area contributed by atoms with Crippen LogP contribution in [0.2, 0.25) is 0 Å². The quantitative estimate of drug-likeness (QED) is 0.218. The zero-order valence-electron chi connectivity index (χ0n) is 6.91. The number of aliphatic hydroxyl groups is 1. The summed E-state index contributed by atoms with van der Waals surface area (Å²) in [6.07, 6.45) is -1.31. The molecule has 1 amide bonds. The minimum atomic E-state index is -1.31.